The van der Waals surface area contributed by atoms with Crippen LogP contribution in [0.25, 0.3) is 0 Å². The highest BCUT2D eigenvalue weighted by Crippen LogP contribution is 2.31. The lowest BCUT2D eigenvalue weighted by Gasteiger charge is -2.38. The number of aromatic nitrogens is 1. The van der Waals surface area contributed by atoms with Crippen LogP contribution in [-0.2, 0) is 15.7 Å². The molecule has 9 heteroatoms. The average Bonchev–Trinajstić information content (AvgIpc) is 3.54. The van der Waals surface area contributed by atoms with E-state index in [0.717, 1.165) is 50.7 Å². The topological polar surface area (TPSA) is 57.7 Å². The zero-order chi connectivity index (χ0) is 21.1. The van der Waals surface area contributed by atoms with Crippen molar-refractivity contribution < 1.29 is 22.7 Å². The van der Waals surface area contributed by atoms with Gasteiger partial charge in [-0.05, 0) is 62.7 Å². The van der Waals surface area contributed by atoms with Gasteiger partial charge in [0, 0.05) is 32.4 Å². The van der Waals surface area contributed by atoms with Crippen molar-refractivity contribution >= 4 is 11.7 Å². The Hall–Kier alpha value is -1.87. The molecule has 3 fully saturated rings. The number of carbonyl (C=O) groups is 1. The molecule has 1 amide bonds. The summed E-state index contributed by atoms with van der Waals surface area (Å²) < 4.78 is 43.5. The number of carbonyl (C=O) groups excluding carboxylic acids is 1. The first-order chi connectivity index (χ1) is 14.4. The van der Waals surface area contributed by atoms with Gasteiger partial charge in [0.1, 0.15) is 12.4 Å². The molecule has 1 saturated carbocycles. The van der Waals surface area contributed by atoms with Crippen LogP contribution >= 0.6 is 0 Å². The third kappa shape index (κ3) is 5.85. The van der Waals surface area contributed by atoms with Crippen molar-refractivity contribution in [3.05, 3.63) is 23.9 Å². The maximum absolute atomic E-state index is 12.6. The zero-order valence-corrected chi connectivity index (χ0v) is 17.0. The van der Waals surface area contributed by atoms with Gasteiger partial charge in [0.25, 0.3) is 0 Å². The van der Waals surface area contributed by atoms with Crippen molar-refractivity contribution in [1.82, 2.24) is 14.8 Å². The first-order valence-electron chi connectivity index (χ1n) is 10.8. The number of morpholine rings is 1. The van der Waals surface area contributed by atoms with Crippen LogP contribution in [0.5, 0.6) is 0 Å². The summed E-state index contributed by atoms with van der Waals surface area (Å²) >= 11 is 0. The van der Waals surface area contributed by atoms with Crippen LogP contribution in [0.15, 0.2) is 18.3 Å². The molecule has 6 nitrogen and oxygen atoms in total. The number of alkyl halides is 3. The minimum Gasteiger partial charge on any atom is -0.367 e. The Morgan fingerprint density at radius 2 is 1.83 bits per heavy atom. The molecule has 0 aromatic carbocycles. The molecule has 166 valence electrons. The first kappa shape index (κ1) is 21.4. The maximum Gasteiger partial charge on any atom is 0.417 e. The Morgan fingerprint density at radius 1 is 1.10 bits per heavy atom. The molecule has 3 aliphatic rings. The smallest absolute Gasteiger partial charge is 0.367 e. The van der Waals surface area contributed by atoms with Gasteiger partial charge in [-0.15, -0.1) is 0 Å². The van der Waals surface area contributed by atoms with Gasteiger partial charge in [-0.3, -0.25) is 4.79 Å². The number of pyridine rings is 1. The molecule has 2 saturated heterocycles. The number of nitrogens with one attached hydrogen (secondary N) is 1. The number of ether oxygens (including phenoxy) is 1. The highest BCUT2D eigenvalue weighted by atomic mass is 19.4. The lowest BCUT2D eigenvalue weighted by atomic mass is 9.95. The van der Waals surface area contributed by atoms with E-state index in [2.05, 4.69) is 15.2 Å². The Bertz CT molecular complexity index is 716. The van der Waals surface area contributed by atoms with E-state index in [1.807, 2.05) is 4.90 Å². The predicted molar refractivity (Wildman–Crippen MR) is 106 cm³/mol. The van der Waals surface area contributed by atoms with Crippen molar-refractivity contribution in [3.8, 4) is 0 Å². The molecule has 0 bridgehead atoms. The molecule has 2 aliphatic heterocycles. The Kier molecular flexibility index (Phi) is 6.48. The van der Waals surface area contributed by atoms with E-state index in [1.165, 1.54) is 25.5 Å². The van der Waals surface area contributed by atoms with Crippen LogP contribution in [0.1, 0.15) is 31.2 Å². The monoisotopic (exact) mass is 426 g/mol. The summed E-state index contributed by atoms with van der Waals surface area (Å²) in [5, 5.41) is 3.01. The summed E-state index contributed by atoms with van der Waals surface area (Å²) in [6.45, 7) is 5.15. The van der Waals surface area contributed by atoms with Gasteiger partial charge in [-0.25, -0.2) is 4.98 Å². The predicted octanol–water partition coefficient (Wildman–Crippen LogP) is 2.86. The molecule has 0 radical (unpaired) electrons. The Labute approximate surface area is 174 Å². The number of rotatable bonds is 7. The highest BCUT2D eigenvalue weighted by Gasteiger charge is 2.32. The SMILES string of the molecule is O=C1CO[C@@H](CNc2ccc(C(F)(F)F)cn2)CN1CC1CCN(CC2CC2)CC1. The molecular weight excluding hydrogens is 397 g/mol. The van der Waals surface area contributed by atoms with E-state index >= 15 is 0 Å². The van der Waals surface area contributed by atoms with Gasteiger partial charge < -0.3 is 19.9 Å². The molecule has 1 N–H and O–H groups in total. The first-order valence-corrected chi connectivity index (χ1v) is 10.8. The third-order valence-corrected chi connectivity index (χ3v) is 6.22. The molecule has 3 heterocycles. The van der Waals surface area contributed by atoms with Crippen LogP contribution < -0.4 is 5.32 Å². The molecule has 1 aromatic rings. The fourth-order valence-electron chi connectivity index (χ4n) is 4.19. The highest BCUT2D eigenvalue weighted by molar-refractivity contribution is 5.78. The van der Waals surface area contributed by atoms with Crippen LogP contribution in [0.4, 0.5) is 19.0 Å². The summed E-state index contributed by atoms with van der Waals surface area (Å²) in [5.74, 6) is 1.81. The van der Waals surface area contributed by atoms with E-state index in [0.29, 0.717) is 24.8 Å². The number of amides is 1. The second-order valence-electron chi connectivity index (χ2n) is 8.73. The molecule has 1 aromatic heterocycles. The second kappa shape index (κ2) is 9.09. The van der Waals surface area contributed by atoms with Crippen molar-refractivity contribution in [2.45, 2.75) is 38.0 Å². The van der Waals surface area contributed by atoms with Gasteiger partial charge in [-0.1, -0.05) is 0 Å². The van der Waals surface area contributed by atoms with Crippen LogP contribution in [0.2, 0.25) is 0 Å². The summed E-state index contributed by atoms with van der Waals surface area (Å²) in [6, 6.07) is 2.31. The van der Waals surface area contributed by atoms with Crippen molar-refractivity contribution in [3.63, 3.8) is 0 Å². The minimum atomic E-state index is -4.40. The maximum atomic E-state index is 12.6. The Balaban J connectivity index is 1.22. The minimum absolute atomic E-state index is 0.0133. The van der Waals surface area contributed by atoms with E-state index in [9.17, 15) is 18.0 Å². The lowest BCUT2D eigenvalue weighted by molar-refractivity contribution is -0.149. The van der Waals surface area contributed by atoms with E-state index in [4.69, 9.17) is 4.74 Å². The fourth-order valence-corrected chi connectivity index (χ4v) is 4.19. The number of anilines is 1. The zero-order valence-electron chi connectivity index (χ0n) is 17.0. The summed E-state index contributed by atoms with van der Waals surface area (Å²) in [7, 11) is 0. The normalized spacial score (nSPS) is 24.3. The van der Waals surface area contributed by atoms with Crippen LogP contribution in [-0.4, -0.2) is 72.7 Å². The second-order valence-corrected chi connectivity index (χ2v) is 8.73. The van der Waals surface area contributed by atoms with Crippen molar-refractivity contribution in [1.29, 1.82) is 0 Å². The number of hydrogen-bond acceptors (Lipinski definition) is 5. The number of piperidine rings is 1. The van der Waals surface area contributed by atoms with Gasteiger partial charge >= 0.3 is 6.18 Å². The molecule has 1 aliphatic carbocycles. The Morgan fingerprint density at radius 3 is 2.47 bits per heavy atom. The van der Waals surface area contributed by atoms with E-state index in [1.54, 1.807) is 0 Å². The van der Waals surface area contributed by atoms with Gasteiger partial charge in [0.05, 0.1) is 11.7 Å². The van der Waals surface area contributed by atoms with Gasteiger partial charge in [0.15, 0.2) is 0 Å². The lowest BCUT2D eigenvalue weighted by Crippen LogP contribution is -2.51. The van der Waals surface area contributed by atoms with Crippen LogP contribution in [0, 0.1) is 11.8 Å². The molecule has 0 spiro atoms. The number of nitrogens with zero attached hydrogens (tertiary/aromatic N) is 3. The van der Waals surface area contributed by atoms with Crippen LogP contribution in [0.3, 0.4) is 0 Å². The number of halogens is 3. The third-order valence-electron chi connectivity index (χ3n) is 6.22. The fraction of sp³-hybridized carbons (Fsp3) is 0.714. The number of likely N-dealkylation sites (tertiary alicyclic amines) is 1. The average molecular weight is 426 g/mol. The summed E-state index contributed by atoms with van der Waals surface area (Å²) in [5.41, 5.74) is -0.776. The van der Waals surface area contributed by atoms with Crippen molar-refractivity contribution in [2.75, 3.05) is 51.2 Å². The van der Waals surface area contributed by atoms with Crippen molar-refractivity contribution in [2.24, 2.45) is 11.8 Å². The molecule has 0 unspecified atom stereocenters. The summed E-state index contributed by atoms with van der Waals surface area (Å²) in [4.78, 5) is 20.5. The standard InChI is InChI=1S/C21H29F3N4O2/c22-21(23,24)17-3-4-19(25-9-17)26-10-18-13-28(20(29)14-30-18)12-16-5-7-27(8-6-16)11-15-1-2-15/h3-4,9,15-16,18H,1-2,5-8,10-14H2,(H,25,26)/t18-/m0/s1. The van der Waals surface area contributed by atoms with E-state index in [-0.39, 0.29) is 18.6 Å². The quantitative estimate of drug-likeness (QED) is 0.727. The van der Waals surface area contributed by atoms with Gasteiger partial charge in [-0.2, -0.15) is 13.2 Å². The summed E-state index contributed by atoms with van der Waals surface area (Å²) in [6.07, 6.45) is 1.20. The number of hydrogen-bond donors (Lipinski definition) is 1. The molecule has 1 atom stereocenters. The van der Waals surface area contributed by atoms with Gasteiger partial charge in [0.2, 0.25) is 5.91 Å². The van der Waals surface area contributed by atoms with E-state index < -0.39 is 11.7 Å². The molecule has 30 heavy (non-hydrogen) atoms. The largest absolute Gasteiger partial charge is 0.417 e. The molecular formula is C21H29F3N4O2. The molecule has 4 rings (SSSR count).